The Hall–Kier alpha value is -3.44. The standard InChI is InChI=1S/C24H20N2O2S/c27-22(28)16-20-17-29-24(25-20)26(21-14-8-3-9-15-21)23(18-10-4-1-5-11-18)19-12-6-2-7-13-19/h1-15,17,23H,16H2,(H,27,28). The molecule has 0 atom stereocenters. The smallest absolute Gasteiger partial charge is 0.309 e. The van der Waals surface area contributed by atoms with E-state index in [1.165, 1.54) is 11.3 Å². The Balaban J connectivity index is 1.87. The van der Waals surface area contributed by atoms with E-state index >= 15 is 0 Å². The Morgan fingerprint density at radius 1 is 0.862 bits per heavy atom. The Morgan fingerprint density at radius 2 is 1.38 bits per heavy atom. The molecule has 144 valence electrons. The van der Waals surface area contributed by atoms with E-state index in [1.54, 1.807) is 0 Å². The van der Waals surface area contributed by atoms with Crippen LogP contribution >= 0.6 is 11.3 Å². The van der Waals surface area contributed by atoms with Crippen molar-refractivity contribution in [3.05, 3.63) is 113 Å². The molecule has 1 aromatic heterocycles. The summed E-state index contributed by atoms with van der Waals surface area (Å²) in [6.45, 7) is 0. The SMILES string of the molecule is O=C(O)Cc1csc(N(c2ccccc2)C(c2ccccc2)c2ccccc2)n1. The molecule has 5 heteroatoms. The molecule has 1 heterocycles. The monoisotopic (exact) mass is 400 g/mol. The molecule has 0 radical (unpaired) electrons. The van der Waals surface area contributed by atoms with Gasteiger partial charge in [0.1, 0.15) is 0 Å². The topological polar surface area (TPSA) is 53.4 Å². The van der Waals surface area contributed by atoms with Crippen molar-refractivity contribution in [1.82, 2.24) is 4.98 Å². The number of aromatic nitrogens is 1. The molecule has 0 bridgehead atoms. The number of nitrogens with zero attached hydrogens (tertiary/aromatic N) is 2. The first-order valence-corrected chi connectivity index (χ1v) is 10.2. The molecule has 0 saturated carbocycles. The zero-order valence-electron chi connectivity index (χ0n) is 15.7. The van der Waals surface area contributed by atoms with Crippen molar-refractivity contribution >= 4 is 28.1 Å². The minimum absolute atomic E-state index is 0.0829. The fourth-order valence-electron chi connectivity index (χ4n) is 3.36. The summed E-state index contributed by atoms with van der Waals surface area (Å²) >= 11 is 1.46. The number of anilines is 2. The lowest BCUT2D eigenvalue weighted by atomic mass is 9.97. The molecule has 0 amide bonds. The van der Waals surface area contributed by atoms with Gasteiger partial charge in [-0.25, -0.2) is 4.98 Å². The molecule has 0 spiro atoms. The molecular weight excluding hydrogens is 380 g/mol. The summed E-state index contributed by atoms with van der Waals surface area (Å²) in [7, 11) is 0. The van der Waals surface area contributed by atoms with E-state index in [9.17, 15) is 4.79 Å². The van der Waals surface area contributed by atoms with Crippen molar-refractivity contribution in [3.8, 4) is 0 Å². The van der Waals surface area contributed by atoms with Gasteiger partial charge in [-0.15, -0.1) is 11.3 Å². The summed E-state index contributed by atoms with van der Waals surface area (Å²) in [5.41, 5.74) is 3.84. The van der Waals surface area contributed by atoms with Crippen molar-refractivity contribution in [1.29, 1.82) is 0 Å². The van der Waals surface area contributed by atoms with Gasteiger partial charge in [0.15, 0.2) is 5.13 Å². The lowest BCUT2D eigenvalue weighted by Gasteiger charge is -2.32. The largest absolute Gasteiger partial charge is 0.481 e. The average molecular weight is 401 g/mol. The molecule has 4 nitrogen and oxygen atoms in total. The highest BCUT2D eigenvalue weighted by Gasteiger charge is 2.26. The number of benzene rings is 3. The van der Waals surface area contributed by atoms with Crippen LogP contribution in [-0.4, -0.2) is 16.1 Å². The highest BCUT2D eigenvalue weighted by Crippen LogP contribution is 2.40. The van der Waals surface area contributed by atoms with Crippen molar-refractivity contribution in [2.24, 2.45) is 0 Å². The van der Waals surface area contributed by atoms with Gasteiger partial charge in [0, 0.05) is 11.1 Å². The van der Waals surface area contributed by atoms with Gasteiger partial charge in [0.2, 0.25) is 0 Å². The second kappa shape index (κ2) is 8.71. The highest BCUT2D eigenvalue weighted by atomic mass is 32.1. The third kappa shape index (κ3) is 4.36. The molecule has 4 aromatic rings. The molecule has 0 aliphatic heterocycles. The lowest BCUT2D eigenvalue weighted by Crippen LogP contribution is -2.25. The van der Waals surface area contributed by atoms with Crippen molar-refractivity contribution in [3.63, 3.8) is 0 Å². The van der Waals surface area contributed by atoms with Crippen LogP contribution in [0, 0.1) is 0 Å². The van der Waals surface area contributed by atoms with Crippen LogP contribution in [0.2, 0.25) is 0 Å². The van der Waals surface area contributed by atoms with Crippen LogP contribution in [0.15, 0.2) is 96.4 Å². The Labute approximate surface area is 173 Å². The van der Waals surface area contributed by atoms with E-state index in [0.717, 1.165) is 21.9 Å². The Kier molecular flexibility index (Phi) is 5.68. The molecule has 0 aliphatic rings. The predicted molar refractivity (Wildman–Crippen MR) is 117 cm³/mol. The summed E-state index contributed by atoms with van der Waals surface area (Å²) < 4.78 is 0. The second-order valence-corrected chi connectivity index (χ2v) is 7.46. The minimum Gasteiger partial charge on any atom is -0.481 e. The van der Waals surface area contributed by atoms with Crippen LogP contribution in [0.25, 0.3) is 0 Å². The lowest BCUT2D eigenvalue weighted by molar-refractivity contribution is -0.136. The van der Waals surface area contributed by atoms with Gasteiger partial charge in [0.05, 0.1) is 18.2 Å². The van der Waals surface area contributed by atoms with Crippen LogP contribution in [0.5, 0.6) is 0 Å². The zero-order valence-corrected chi connectivity index (χ0v) is 16.5. The van der Waals surface area contributed by atoms with E-state index in [2.05, 4.69) is 46.3 Å². The number of carboxylic acid groups (broad SMARTS) is 1. The predicted octanol–water partition coefficient (Wildman–Crippen LogP) is 5.70. The Morgan fingerprint density at radius 3 is 1.90 bits per heavy atom. The normalized spacial score (nSPS) is 10.8. The molecule has 0 unspecified atom stereocenters. The van der Waals surface area contributed by atoms with E-state index in [1.807, 2.05) is 60.0 Å². The first-order valence-electron chi connectivity index (χ1n) is 9.33. The van der Waals surface area contributed by atoms with Crippen LogP contribution in [0.3, 0.4) is 0 Å². The molecule has 29 heavy (non-hydrogen) atoms. The zero-order chi connectivity index (χ0) is 20.1. The van der Waals surface area contributed by atoms with Crippen LogP contribution in [0.4, 0.5) is 10.8 Å². The van der Waals surface area contributed by atoms with Gasteiger partial charge in [-0.05, 0) is 23.3 Å². The maximum atomic E-state index is 11.1. The number of carbonyl (C=O) groups is 1. The number of rotatable bonds is 7. The average Bonchev–Trinajstić information content (AvgIpc) is 3.21. The number of para-hydroxylation sites is 1. The summed E-state index contributed by atoms with van der Waals surface area (Å²) in [4.78, 5) is 18.0. The van der Waals surface area contributed by atoms with Crippen molar-refractivity contribution < 1.29 is 9.90 Å². The minimum atomic E-state index is -0.879. The summed E-state index contributed by atoms with van der Waals surface area (Å²) in [5, 5.41) is 11.7. The molecule has 4 rings (SSSR count). The quantitative estimate of drug-likeness (QED) is 0.432. The first-order chi connectivity index (χ1) is 14.2. The molecule has 3 aromatic carbocycles. The summed E-state index contributed by atoms with van der Waals surface area (Å²) in [5.74, 6) is -0.879. The van der Waals surface area contributed by atoms with Crippen molar-refractivity contribution in [2.45, 2.75) is 12.5 Å². The van der Waals surface area contributed by atoms with Gasteiger partial charge in [-0.3, -0.25) is 4.79 Å². The summed E-state index contributed by atoms with van der Waals surface area (Å²) in [6, 6.07) is 30.6. The van der Waals surface area contributed by atoms with E-state index in [4.69, 9.17) is 5.11 Å². The maximum absolute atomic E-state index is 11.1. The van der Waals surface area contributed by atoms with Crippen molar-refractivity contribution in [2.75, 3.05) is 4.90 Å². The third-order valence-electron chi connectivity index (χ3n) is 4.60. The second-order valence-electron chi connectivity index (χ2n) is 6.62. The van der Waals surface area contributed by atoms with Gasteiger partial charge in [-0.2, -0.15) is 0 Å². The van der Waals surface area contributed by atoms with Gasteiger partial charge < -0.3 is 10.0 Å². The maximum Gasteiger partial charge on any atom is 0.309 e. The fraction of sp³-hybridized carbons (Fsp3) is 0.0833. The van der Waals surface area contributed by atoms with E-state index in [-0.39, 0.29) is 12.5 Å². The molecule has 1 N–H and O–H groups in total. The summed E-state index contributed by atoms with van der Waals surface area (Å²) in [6.07, 6.45) is -0.0829. The van der Waals surface area contributed by atoms with Crippen LogP contribution < -0.4 is 4.90 Å². The fourth-order valence-corrected chi connectivity index (χ4v) is 4.23. The molecule has 0 saturated heterocycles. The molecular formula is C24H20N2O2S. The van der Waals surface area contributed by atoms with Crippen LogP contribution in [-0.2, 0) is 11.2 Å². The number of thiazole rings is 1. The Bertz CT molecular complexity index is 1030. The molecule has 0 fully saturated rings. The van der Waals surface area contributed by atoms with Gasteiger partial charge in [0.25, 0.3) is 0 Å². The number of hydrogen-bond acceptors (Lipinski definition) is 4. The van der Waals surface area contributed by atoms with E-state index in [0.29, 0.717) is 5.69 Å². The first kappa shape index (κ1) is 18.9. The third-order valence-corrected chi connectivity index (χ3v) is 5.49. The van der Waals surface area contributed by atoms with Gasteiger partial charge in [-0.1, -0.05) is 78.9 Å². The molecule has 0 aliphatic carbocycles. The van der Waals surface area contributed by atoms with Gasteiger partial charge >= 0.3 is 5.97 Å². The number of hydrogen-bond donors (Lipinski definition) is 1. The number of carboxylic acids is 1. The number of aliphatic carboxylic acids is 1. The van der Waals surface area contributed by atoms with E-state index < -0.39 is 5.97 Å². The highest BCUT2D eigenvalue weighted by molar-refractivity contribution is 7.13. The van der Waals surface area contributed by atoms with Crippen LogP contribution in [0.1, 0.15) is 22.9 Å².